The predicted molar refractivity (Wildman–Crippen MR) is 86.2 cm³/mol. The second-order valence-corrected chi connectivity index (χ2v) is 7.78. The fourth-order valence-electron chi connectivity index (χ4n) is 3.21. The molecule has 1 aliphatic carbocycles. The second kappa shape index (κ2) is 5.48. The van der Waals surface area contributed by atoms with Gasteiger partial charge < -0.3 is 4.74 Å². The van der Waals surface area contributed by atoms with Gasteiger partial charge in [-0.2, -0.15) is 0 Å². The molecule has 2 amide bonds. The number of ether oxygens (including phenoxy) is 1. The van der Waals surface area contributed by atoms with Gasteiger partial charge >= 0.3 is 6.09 Å². The van der Waals surface area contributed by atoms with Crippen molar-refractivity contribution >= 4 is 23.6 Å². The highest BCUT2D eigenvalue weighted by Crippen LogP contribution is 2.50. The Morgan fingerprint density at radius 1 is 1.48 bits per heavy atom. The van der Waals surface area contributed by atoms with Crippen molar-refractivity contribution in [3.05, 3.63) is 28.5 Å². The highest BCUT2D eigenvalue weighted by Gasteiger charge is 2.61. The fourth-order valence-corrected chi connectivity index (χ4v) is 3.32. The second-order valence-electron chi connectivity index (χ2n) is 7.42. The number of rotatable bonds is 2. The lowest BCUT2D eigenvalue weighted by Crippen LogP contribution is -2.41. The third-order valence-electron chi connectivity index (χ3n) is 4.32. The minimum atomic E-state index is -0.600. The number of halogens is 1. The minimum Gasteiger partial charge on any atom is -0.443 e. The molecule has 1 aromatic rings. The van der Waals surface area contributed by atoms with E-state index in [1.807, 2.05) is 13.0 Å². The van der Waals surface area contributed by atoms with Crippen LogP contribution in [0.1, 0.15) is 38.3 Å². The number of amides is 2. The standard InChI is InChI=1S/C17H21ClN2O3/c1-9-5-10(8-19-14(9)18)6-12-11-7-13(11)20(15(12)21)16(22)23-17(2,3)4/h5,8,11-13H,6-7H2,1-4H3/t11-,12+,13-/m0/s1. The van der Waals surface area contributed by atoms with Gasteiger partial charge in [0, 0.05) is 18.2 Å². The predicted octanol–water partition coefficient (Wildman–Crippen LogP) is 3.37. The molecule has 3 atom stereocenters. The number of aryl methyl sites for hydroxylation is 1. The lowest BCUT2D eigenvalue weighted by molar-refractivity contribution is -0.132. The Morgan fingerprint density at radius 3 is 2.78 bits per heavy atom. The molecule has 1 saturated heterocycles. The molecule has 5 nitrogen and oxygen atoms in total. The number of carbonyl (C=O) groups excluding carboxylic acids is 2. The van der Waals surface area contributed by atoms with Crippen molar-refractivity contribution in [3.8, 4) is 0 Å². The van der Waals surface area contributed by atoms with Crippen LogP contribution in [0.2, 0.25) is 5.15 Å². The highest BCUT2D eigenvalue weighted by molar-refractivity contribution is 6.30. The summed E-state index contributed by atoms with van der Waals surface area (Å²) in [6.45, 7) is 7.29. The summed E-state index contributed by atoms with van der Waals surface area (Å²) in [7, 11) is 0. The van der Waals surface area contributed by atoms with E-state index in [2.05, 4.69) is 4.98 Å². The molecule has 0 spiro atoms. The molecule has 0 radical (unpaired) electrons. The molecule has 2 heterocycles. The monoisotopic (exact) mass is 336 g/mol. The quantitative estimate of drug-likeness (QED) is 0.777. The van der Waals surface area contributed by atoms with Crippen LogP contribution >= 0.6 is 11.6 Å². The molecule has 6 heteroatoms. The van der Waals surface area contributed by atoms with Crippen molar-refractivity contribution in [3.63, 3.8) is 0 Å². The van der Waals surface area contributed by atoms with Crippen LogP contribution in [0.5, 0.6) is 0 Å². The van der Waals surface area contributed by atoms with Crippen LogP contribution in [0.25, 0.3) is 0 Å². The SMILES string of the molecule is Cc1cc(C[C@H]2C(=O)N(C(=O)OC(C)(C)C)[C@H]3C[C@@H]23)cnc1Cl. The lowest BCUT2D eigenvalue weighted by atomic mass is 9.96. The third-order valence-corrected chi connectivity index (χ3v) is 4.72. The number of likely N-dealkylation sites (tertiary alicyclic amines) is 1. The van der Waals surface area contributed by atoms with E-state index in [9.17, 15) is 9.59 Å². The van der Waals surface area contributed by atoms with Gasteiger partial charge in [0.25, 0.3) is 0 Å². The van der Waals surface area contributed by atoms with E-state index in [1.165, 1.54) is 4.90 Å². The zero-order valence-electron chi connectivity index (χ0n) is 13.8. The van der Waals surface area contributed by atoms with Crippen molar-refractivity contribution in [2.45, 2.75) is 52.2 Å². The van der Waals surface area contributed by atoms with Crippen molar-refractivity contribution in [2.75, 3.05) is 0 Å². The Bertz CT molecular complexity index is 668. The maximum Gasteiger partial charge on any atom is 0.417 e. The summed E-state index contributed by atoms with van der Waals surface area (Å²) in [5, 5.41) is 0.478. The molecule has 1 saturated carbocycles. The molecule has 0 unspecified atom stereocenters. The summed E-state index contributed by atoms with van der Waals surface area (Å²) < 4.78 is 5.36. The summed E-state index contributed by atoms with van der Waals surface area (Å²) >= 11 is 5.94. The molecule has 0 N–H and O–H groups in total. The van der Waals surface area contributed by atoms with Gasteiger partial charge in [-0.15, -0.1) is 0 Å². The molecule has 0 bridgehead atoms. The van der Waals surface area contributed by atoms with Crippen LogP contribution in [-0.2, 0) is 16.0 Å². The number of nitrogens with zero attached hydrogens (tertiary/aromatic N) is 2. The fraction of sp³-hybridized carbons (Fsp3) is 0.588. The van der Waals surface area contributed by atoms with Crippen molar-refractivity contribution < 1.29 is 14.3 Å². The smallest absolute Gasteiger partial charge is 0.417 e. The molecule has 1 aromatic heterocycles. The first-order valence-electron chi connectivity index (χ1n) is 7.84. The Morgan fingerprint density at radius 2 is 2.17 bits per heavy atom. The van der Waals surface area contributed by atoms with Crippen LogP contribution in [0.3, 0.4) is 0 Å². The Balaban J connectivity index is 1.72. The minimum absolute atomic E-state index is 0.00343. The average molecular weight is 337 g/mol. The summed E-state index contributed by atoms with van der Waals surface area (Å²) in [4.78, 5) is 30.3. The third kappa shape index (κ3) is 3.20. The van der Waals surface area contributed by atoms with Gasteiger partial charge in [0.05, 0.1) is 0 Å². The lowest BCUT2D eigenvalue weighted by Gasteiger charge is -2.25. The van der Waals surface area contributed by atoms with E-state index in [0.29, 0.717) is 11.6 Å². The number of fused-ring (bicyclic) bond motifs is 1. The van der Waals surface area contributed by atoms with Crippen LogP contribution in [0.15, 0.2) is 12.3 Å². The molecule has 2 aliphatic rings. The van der Waals surface area contributed by atoms with Gasteiger partial charge in [0.15, 0.2) is 0 Å². The molecular weight excluding hydrogens is 316 g/mol. The first-order valence-corrected chi connectivity index (χ1v) is 8.22. The van der Waals surface area contributed by atoms with Gasteiger partial charge in [0.2, 0.25) is 5.91 Å². The number of imide groups is 1. The Kier molecular flexibility index (Phi) is 3.87. The molecule has 1 aliphatic heterocycles. The molecular formula is C17H21ClN2O3. The maximum atomic E-state index is 12.6. The van der Waals surface area contributed by atoms with Gasteiger partial charge in [-0.1, -0.05) is 17.7 Å². The summed E-state index contributed by atoms with van der Waals surface area (Å²) in [6, 6.07) is 1.96. The zero-order valence-corrected chi connectivity index (χ0v) is 14.6. The summed E-state index contributed by atoms with van der Waals surface area (Å²) in [5.74, 6) is -0.0611. The van der Waals surface area contributed by atoms with Gasteiger partial charge in [-0.05, 0) is 57.6 Å². The van der Waals surface area contributed by atoms with Crippen molar-refractivity contribution in [1.29, 1.82) is 0 Å². The molecule has 23 heavy (non-hydrogen) atoms. The van der Waals surface area contributed by atoms with Gasteiger partial charge in [-0.3, -0.25) is 4.79 Å². The Labute approximate surface area is 141 Å². The van der Waals surface area contributed by atoms with Crippen LogP contribution in [0, 0.1) is 18.8 Å². The van der Waals surface area contributed by atoms with Crippen LogP contribution in [0.4, 0.5) is 4.79 Å². The molecule has 0 aromatic carbocycles. The highest BCUT2D eigenvalue weighted by atomic mass is 35.5. The first kappa shape index (κ1) is 16.2. The Hall–Kier alpha value is -1.62. The van der Waals surface area contributed by atoms with Crippen LogP contribution in [-0.4, -0.2) is 33.5 Å². The van der Waals surface area contributed by atoms with E-state index < -0.39 is 11.7 Å². The van der Waals surface area contributed by atoms with Gasteiger partial charge in [0.1, 0.15) is 10.8 Å². The van der Waals surface area contributed by atoms with Crippen molar-refractivity contribution in [1.82, 2.24) is 9.88 Å². The van der Waals surface area contributed by atoms with E-state index in [4.69, 9.17) is 16.3 Å². The molecule has 2 fully saturated rings. The number of pyridine rings is 1. The topological polar surface area (TPSA) is 59.5 Å². The van der Waals surface area contributed by atoms with E-state index in [1.54, 1.807) is 27.0 Å². The number of piperidine rings is 1. The zero-order chi connectivity index (χ0) is 16.9. The number of aromatic nitrogens is 1. The summed E-state index contributed by atoms with van der Waals surface area (Å²) in [6.07, 6.45) is 2.64. The van der Waals surface area contributed by atoms with Gasteiger partial charge in [-0.25, -0.2) is 14.7 Å². The average Bonchev–Trinajstić information content (AvgIpc) is 3.12. The molecule has 124 valence electrons. The largest absolute Gasteiger partial charge is 0.443 e. The van der Waals surface area contributed by atoms with E-state index in [-0.39, 0.29) is 23.8 Å². The van der Waals surface area contributed by atoms with Crippen LogP contribution < -0.4 is 0 Å². The number of hydrogen-bond donors (Lipinski definition) is 0. The number of hydrogen-bond acceptors (Lipinski definition) is 4. The van der Waals surface area contributed by atoms with E-state index in [0.717, 1.165) is 17.5 Å². The first-order chi connectivity index (χ1) is 10.7. The van der Waals surface area contributed by atoms with Crippen molar-refractivity contribution in [2.24, 2.45) is 11.8 Å². The summed E-state index contributed by atoms with van der Waals surface area (Å²) in [5.41, 5.74) is 1.27. The van der Waals surface area contributed by atoms with E-state index >= 15 is 0 Å². The molecule has 3 rings (SSSR count). The maximum absolute atomic E-state index is 12.6. The number of carbonyl (C=O) groups is 2. The normalized spacial score (nSPS) is 26.2.